The SMILES string of the molecule is CC/C=C\C/C=C\C/C=C\C/C=C\C/C=C\CCCCCCCCCC(=O)OC(COCCCCCCCCCCC/C=C\C/C=C\C/C=C\C/C=C\CC)COC1OC(CO)C(O)C(O)C1O. The first-order chi connectivity index (χ1) is 33.4. The van der Waals surface area contributed by atoms with Gasteiger partial charge in [0.2, 0.25) is 0 Å². The van der Waals surface area contributed by atoms with E-state index >= 15 is 0 Å². The molecule has 1 fully saturated rings. The smallest absolute Gasteiger partial charge is 0.306 e. The molecule has 0 aliphatic carbocycles. The van der Waals surface area contributed by atoms with Crippen LogP contribution in [0.3, 0.4) is 0 Å². The fraction of sp³-hybridized carbons (Fsp3) is 0.678. The van der Waals surface area contributed by atoms with Gasteiger partial charge in [-0.25, -0.2) is 0 Å². The number of ether oxygens (including phenoxy) is 4. The molecule has 1 aliphatic heterocycles. The summed E-state index contributed by atoms with van der Waals surface area (Å²) < 4.78 is 22.9. The largest absolute Gasteiger partial charge is 0.457 e. The Labute approximate surface area is 414 Å². The normalized spacial score (nSPS) is 20.0. The van der Waals surface area contributed by atoms with E-state index in [2.05, 4.69) is 123 Å². The zero-order valence-corrected chi connectivity index (χ0v) is 42.8. The number of hydrogen-bond acceptors (Lipinski definition) is 9. The third-order valence-electron chi connectivity index (χ3n) is 11.7. The van der Waals surface area contributed by atoms with Gasteiger partial charge in [0.05, 0.1) is 19.8 Å². The summed E-state index contributed by atoms with van der Waals surface area (Å²) in [6, 6.07) is 0. The van der Waals surface area contributed by atoms with Crippen LogP contribution in [0.4, 0.5) is 0 Å². The zero-order chi connectivity index (χ0) is 49.2. The molecule has 0 aromatic rings. The van der Waals surface area contributed by atoms with Crippen LogP contribution < -0.4 is 0 Å². The molecular formula is C59H98O9. The quantitative estimate of drug-likeness (QED) is 0.0267. The first-order valence-electron chi connectivity index (χ1n) is 27.0. The van der Waals surface area contributed by atoms with Gasteiger partial charge in [0.1, 0.15) is 30.5 Å². The summed E-state index contributed by atoms with van der Waals surface area (Å²) in [5, 5.41) is 40.3. The van der Waals surface area contributed by atoms with Gasteiger partial charge in [0.25, 0.3) is 0 Å². The number of allylic oxidation sites excluding steroid dienone is 18. The fourth-order valence-corrected chi connectivity index (χ4v) is 7.57. The van der Waals surface area contributed by atoms with Gasteiger partial charge >= 0.3 is 5.97 Å². The Balaban J connectivity index is 2.22. The van der Waals surface area contributed by atoms with Crippen molar-refractivity contribution in [3.63, 3.8) is 0 Å². The summed E-state index contributed by atoms with van der Waals surface area (Å²) in [7, 11) is 0. The van der Waals surface area contributed by atoms with Crippen molar-refractivity contribution >= 4 is 5.97 Å². The number of esters is 1. The average Bonchev–Trinajstić information content (AvgIpc) is 3.34. The molecule has 9 heteroatoms. The number of hydrogen-bond donors (Lipinski definition) is 4. The molecular weight excluding hydrogens is 853 g/mol. The molecule has 0 bridgehead atoms. The van der Waals surface area contributed by atoms with E-state index in [9.17, 15) is 25.2 Å². The average molecular weight is 951 g/mol. The predicted octanol–water partition coefficient (Wildman–Crippen LogP) is 13.7. The van der Waals surface area contributed by atoms with Crippen LogP contribution in [-0.2, 0) is 23.7 Å². The number of carbonyl (C=O) groups is 1. The van der Waals surface area contributed by atoms with Crippen molar-refractivity contribution in [3.05, 3.63) is 109 Å². The molecule has 9 nitrogen and oxygen atoms in total. The molecule has 0 spiro atoms. The van der Waals surface area contributed by atoms with Gasteiger partial charge in [-0.2, -0.15) is 0 Å². The zero-order valence-electron chi connectivity index (χ0n) is 42.8. The Morgan fingerprint density at radius 1 is 0.471 bits per heavy atom. The topological polar surface area (TPSA) is 135 Å². The summed E-state index contributed by atoms with van der Waals surface area (Å²) in [5.74, 6) is -0.331. The van der Waals surface area contributed by atoms with E-state index in [-0.39, 0.29) is 19.2 Å². The molecule has 4 N–H and O–H groups in total. The minimum atomic E-state index is -1.55. The summed E-state index contributed by atoms with van der Waals surface area (Å²) >= 11 is 0. The van der Waals surface area contributed by atoms with E-state index < -0.39 is 43.4 Å². The highest BCUT2D eigenvalue weighted by Gasteiger charge is 2.44. The van der Waals surface area contributed by atoms with E-state index in [1.165, 1.54) is 57.8 Å². The van der Waals surface area contributed by atoms with Crippen molar-refractivity contribution < 1.29 is 44.2 Å². The third-order valence-corrected chi connectivity index (χ3v) is 11.7. The molecule has 1 aliphatic rings. The number of carbonyl (C=O) groups excluding carboxylic acids is 1. The first kappa shape index (κ1) is 62.9. The molecule has 0 aromatic carbocycles. The second-order valence-corrected chi connectivity index (χ2v) is 17.9. The predicted molar refractivity (Wildman–Crippen MR) is 283 cm³/mol. The Hall–Kier alpha value is -3.15. The molecule has 388 valence electrons. The van der Waals surface area contributed by atoms with Gasteiger partial charge < -0.3 is 39.4 Å². The molecule has 6 unspecified atom stereocenters. The van der Waals surface area contributed by atoms with Gasteiger partial charge in [-0.15, -0.1) is 0 Å². The molecule has 68 heavy (non-hydrogen) atoms. The van der Waals surface area contributed by atoms with Gasteiger partial charge in [0.15, 0.2) is 6.29 Å². The van der Waals surface area contributed by atoms with Crippen molar-refractivity contribution in [2.75, 3.05) is 26.4 Å². The lowest BCUT2D eigenvalue weighted by Crippen LogP contribution is -2.59. The summed E-state index contributed by atoms with van der Waals surface area (Å²) in [6.07, 6.45) is 62.6. The maximum Gasteiger partial charge on any atom is 0.306 e. The van der Waals surface area contributed by atoms with Crippen molar-refractivity contribution in [2.24, 2.45) is 0 Å². The van der Waals surface area contributed by atoms with E-state index in [0.717, 1.165) is 116 Å². The van der Waals surface area contributed by atoms with Crippen LogP contribution in [0.25, 0.3) is 0 Å². The maximum absolute atomic E-state index is 12.9. The van der Waals surface area contributed by atoms with Crippen molar-refractivity contribution in [1.29, 1.82) is 0 Å². The molecule has 0 aromatic heterocycles. The van der Waals surface area contributed by atoms with Crippen LogP contribution in [0.2, 0.25) is 0 Å². The third kappa shape index (κ3) is 38.7. The first-order valence-corrected chi connectivity index (χ1v) is 27.0. The molecule has 0 radical (unpaired) electrons. The van der Waals surface area contributed by atoms with Crippen molar-refractivity contribution in [3.8, 4) is 0 Å². The van der Waals surface area contributed by atoms with Gasteiger partial charge in [-0.3, -0.25) is 4.79 Å². The van der Waals surface area contributed by atoms with Crippen molar-refractivity contribution in [1.82, 2.24) is 0 Å². The maximum atomic E-state index is 12.9. The van der Waals surface area contributed by atoms with Crippen LogP contribution in [0.15, 0.2) is 109 Å². The van der Waals surface area contributed by atoms with Gasteiger partial charge in [-0.05, 0) is 96.3 Å². The Bertz CT molecular complexity index is 1410. The second kappa shape index (κ2) is 48.9. The highest BCUT2D eigenvalue weighted by atomic mass is 16.7. The molecule has 1 rings (SSSR count). The lowest BCUT2D eigenvalue weighted by molar-refractivity contribution is -0.305. The van der Waals surface area contributed by atoms with Crippen LogP contribution in [0.5, 0.6) is 0 Å². The molecule has 1 heterocycles. The molecule has 0 saturated carbocycles. The Morgan fingerprint density at radius 2 is 0.853 bits per heavy atom. The number of aliphatic hydroxyl groups excluding tert-OH is 4. The van der Waals surface area contributed by atoms with Gasteiger partial charge in [0, 0.05) is 13.0 Å². The number of unbranched alkanes of at least 4 members (excludes halogenated alkanes) is 16. The monoisotopic (exact) mass is 951 g/mol. The van der Waals surface area contributed by atoms with Gasteiger partial charge in [-0.1, -0.05) is 200 Å². The second-order valence-electron chi connectivity index (χ2n) is 17.9. The van der Waals surface area contributed by atoms with E-state index in [1.54, 1.807) is 0 Å². The standard InChI is InChI=1S/C59H98O9/c1-3-5-7-9-11-13-15-17-19-21-23-25-27-28-30-32-34-36-38-40-42-44-46-48-55(61)67-53(52-66-59-58(64)57(63)56(62)54(50-60)68-59)51-65-49-47-45-43-41-39-37-35-33-31-29-26-24-22-20-18-16-14-12-10-8-6-4-2/h5-8,11-14,17-20,23-26,28,30,53-54,56-60,62-64H,3-4,9-10,15-16,21-22,27,29,31-52H2,1-2H3/b7-5-,8-6-,13-11-,14-12-,19-17-,20-18-,25-23-,26-24-,30-28-. The summed E-state index contributed by atoms with van der Waals surface area (Å²) in [4.78, 5) is 12.9. The molecule has 1 saturated heterocycles. The minimum Gasteiger partial charge on any atom is -0.457 e. The lowest BCUT2D eigenvalue weighted by atomic mass is 9.99. The Kier molecular flexibility index (Phi) is 45.2. The summed E-state index contributed by atoms with van der Waals surface area (Å²) in [6.45, 7) is 4.30. The summed E-state index contributed by atoms with van der Waals surface area (Å²) in [5.41, 5.74) is 0. The minimum absolute atomic E-state index is 0.127. The van der Waals surface area contributed by atoms with Crippen LogP contribution in [0, 0.1) is 0 Å². The fourth-order valence-electron chi connectivity index (χ4n) is 7.57. The lowest BCUT2D eigenvalue weighted by Gasteiger charge is -2.39. The van der Waals surface area contributed by atoms with E-state index in [1.807, 2.05) is 0 Å². The van der Waals surface area contributed by atoms with Crippen LogP contribution in [-0.4, -0.2) is 89.6 Å². The van der Waals surface area contributed by atoms with E-state index in [4.69, 9.17) is 18.9 Å². The van der Waals surface area contributed by atoms with Crippen molar-refractivity contribution in [2.45, 2.75) is 230 Å². The van der Waals surface area contributed by atoms with Crippen LogP contribution >= 0.6 is 0 Å². The molecule has 6 atom stereocenters. The highest BCUT2D eigenvalue weighted by Crippen LogP contribution is 2.23. The van der Waals surface area contributed by atoms with Crippen LogP contribution in [0.1, 0.15) is 194 Å². The highest BCUT2D eigenvalue weighted by molar-refractivity contribution is 5.69. The molecule has 0 amide bonds. The van der Waals surface area contributed by atoms with E-state index in [0.29, 0.717) is 13.0 Å². The number of rotatable bonds is 45. The number of aliphatic hydroxyl groups is 4. The Morgan fingerprint density at radius 3 is 1.28 bits per heavy atom.